The van der Waals surface area contributed by atoms with E-state index in [4.69, 9.17) is 17.3 Å². The number of anilines is 1. The number of nitrogens with two attached hydrogens (primary N) is 1. The predicted octanol–water partition coefficient (Wildman–Crippen LogP) is 3.47. The summed E-state index contributed by atoms with van der Waals surface area (Å²) in [5, 5.41) is 4.37. The number of benzene rings is 1. The lowest BCUT2D eigenvalue weighted by Crippen LogP contribution is -2.48. The van der Waals surface area contributed by atoms with Gasteiger partial charge in [0.05, 0.1) is 10.6 Å². The summed E-state index contributed by atoms with van der Waals surface area (Å²) in [5.41, 5.74) is 7.12. The second-order valence-electron chi connectivity index (χ2n) is 6.19. The van der Waals surface area contributed by atoms with Gasteiger partial charge in [-0.15, -0.1) is 0 Å². The molecule has 3 rings (SSSR count). The topological polar surface area (TPSA) is 41.3 Å². The summed E-state index contributed by atoms with van der Waals surface area (Å²) in [6, 6.07) is 7.38. The summed E-state index contributed by atoms with van der Waals surface area (Å²) < 4.78 is 0.922. The van der Waals surface area contributed by atoms with Crippen LogP contribution in [0.2, 0.25) is 5.02 Å². The normalized spacial score (nSPS) is 30.7. The molecule has 2 fully saturated rings. The molecule has 3 nitrogen and oxygen atoms in total. The Morgan fingerprint density at radius 1 is 1.50 bits per heavy atom. The first-order chi connectivity index (χ1) is 9.53. The Kier molecular flexibility index (Phi) is 4.01. The van der Waals surface area contributed by atoms with Gasteiger partial charge in [0.25, 0.3) is 0 Å². The predicted molar refractivity (Wildman–Crippen MR) is 88.4 cm³/mol. The summed E-state index contributed by atoms with van der Waals surface area (Å²) in [4.78, 5) is 2.61. The molecule has 5 heteroatoms. The van der Waals surface area contributed by atoms with E-state index in [9.17, 15) is 0 Å². The van der Waals surface area contributed by atoms with Crippen LogP contribution in [-0.4, -0.2) is 35.6 Å². The Bertz CT molecular complexity index is 506. The van der Waals surface area contributed by atoms with Gasteiger partial charge in [0.2, 0.25) is 0 Å². The number of nitrogens with zero attached hydrogens (tertiary/aromatic N) is 1. The highest BCUT2D eigenvalue weighted by molar-refractivity contribution is 9.10. The van der Waals surface area contributed by atoms with Crippen molar-refractivity contribution < 1.29 is 0 Å². The van der Waals surface area contributed by atoms with Crippen LogP contribution in [0.4, 0.5) is 5.69 Å². The molecule has 2 unspecified atom stereocenters. The molecule has 0 amide bonds. The molecule has 0 aromatic heterocycles. The second kappa shape index (κ2) is 5.48. The third-order valence-electron chi connectivity index (χ3n) is 4.47. The maximum Gasteiger partial charge on any atom is 0.0637 e. The quantitative estimate of drug-likeness (QED) is 0.866. The summed E-state index contributed by atoms with van der Waals surface area (Å²) in [6.45, 7) is 3.99. The highest BCUT2D eigenvalue weighted by Crippen LogP contribution is 2.38. The minimum Gasteiger partial charge on any atom is -0.377 e. The number of hydrogen-bond donors (Lipinski definition) is 2. The van der Waals surface area contributed by atoms with Crippen LogP contribution < -0.4 is 11.1 Å². The molecule has 2 aliphatic rings. The molecule has 20 heavy (non-hydrogen) atoms. The third kappa shape index (κ3) is 2.84. The van der Waals surface area contributed by atoms with E-state index >= 15 is 0 Å². The van der Waals surface area contributed by atoms with Gasteiger partial charge in [0.1, 0.15) is 0 Å². The molecule has 0 radical (unpaired) electrons. The maximum absolute atomic E-state index is 6.18. The smallest absolute Gasteiger partial charge is 0.0637 e. The van der Waals surface area contributed by atoms with Crippen LogP contribution in [0.25, 0.3) is 0 Å². The Morgan fingerprint density at radius 2 is 2.25 bits per heavy atom. The van der Waals surface area contributed by atoms with E-state index in [0.717, 1.165) is 34.2 Å². The molecule has 1 aromatic carbocycles. The van der Waals surface area contributed by atoms with Gasteiger partial charge < -0.3 is 11.1 Å². The van der Waals surface area contributed by atoms with Crippen LogP contribution in [0.3, 0.4) is 0 Å². The summed E-state index contributed by atoms with van der Waals surface area (Å²) in [6.07, 6.45) is 3.78. The van der Waals surface area contributed by atoms with Crippen LogP contribution >= 0.6 is 27.5 Å². The lowest BCUT2D eigenvalue weighted by molar-refractivity contribution is 0.252. The zero-order valence-electron chi connectivity index (χ0n) is 11.7. The van der Waals surface area contributed by atoms with Gasteiger partial charge >= 0.3 is 0 Å². The van der Waals surface area contributed by atoms with Crippen LogP contribution in [0.15, 0.2) is 22.7 Å². The Hall–Kier alpha value is -0.290. The average molecular weight is 359 g/mol. The van der Waals surface area contributed by atoms with E-state index in [2.05, 4.69) is 39.1 Å². The van der Waals surface area contributed by atoms with Crippen molar-refractivity contribution in [2.24, 2.45) is 5.73 Å². The van der Waals surface area contributed by atoms with Crippen molar-refractivity contribution in [1.82, 2.24) is 4.90 Å². The summed E-state index contributed by atoms with van der Waals surface area (Å²) in [5.74, 6) is 0. The summed E-state index contributed by atoms with van der Waals surface area (Å²) in [7, 11) is 0. The monoisotopic (exact) mass is 357 g/mol. The van der Waals surface area contributed by atoms with Gasteiger partial charge in [-0.25, -0.2) is 0 Å². The van der Waals surface area contributed by atoms with E-state index in [1.165, 1.54) is 12.8 Å². The number of nitrogens with one attached hydrogen (secondary N) is 1. The first-order valence-electron chi connectivity index (χ1n) is 7.22. The molecular weight excluding hydrogens is 338 g/mol. The first kappa shape index (κ1) is 14.6. The zero-order chi connectivity index (χ0) is 14.3. The van der Waals surface area contributed by atoms with Crippen LogP contribution in [0.1, 0.15) is 26.2 Å². The molecule has 0 spiro atoms. The summed E-state index contributed by atoms with van der Waals surface area (Å²) >= 11 is 9.60. The van der Waals surface area contributed by atoms with Gasteiger partial charge in [-0.3, -0.25) is 4.90 Å². The molecular formula is C15H21BrClN3. The van der Waals surface area contributed by atoms with Crippen LogP contribution in [0, 0.1) is 0 Å². The molecule has 1 saturated heterocycles. The Morgan fingerprint density at radius 3 is 2.85 bits per heavy atom. The number of hydrogen-bond acceptors (Lipinski definition) is 3. The molecule has 0 bridgehead atoms. The second-order valence-corrected chi connectivity index (χ2v) is 7.46. The fourth-order valence-electron chi connectivity index (χ4n) is 3.32. The minimum absolute atomic E-state index is 0.0286. The van der Waals surface area contributed by atoms with Crippen molar-refractivity contribution in [1.29, 1.82) is 0 Å². The Balaban J connectivity index is 1.77. The molecule has 1 saturated carbocycles. The largest absolute Gasteiger partial charge is 0.377 e. The number of rotatable bonds is 4. The van der Waals surface area contributed by atoms with Gasteiger partial charge in [-0.2, -0.15) is 0 Å². The Labute approximate surface area is 134 Å². The maximum atomic E-state index is 6.18. The van der Waals surface area contributed by atoms with E-state index in [1.54, 1.807) is 0 Å². The first-order valence-corrected chi connectivity index (χ1v) is 8.39. The van der Waals surface area contributed by atoms with Gasteiger partial charge in [-0.05, 0) is 60.3 Å². The van der Waals surface area contributed by atoms with Gasteiger partial charge in [0, 0.05) is 35.3 Å². The lowest BCUT2D eigenvalue weighted by atomic mass is 9.96. The van der Waals surface area contributed by atoms with Crippen molar-refractivity contribution in [3.05, 3.63) is 27.7 Å². The van der Waals surface area contributed by atoms with Crippen molar-refractivity contribution in [2.45, 2.75) is 43.8 Å². The van der Waals surface area contributed by atoms with Crippen molar-refractivity contribution in [3.8, 4) is 0 Å². The zero-order valence-corrected chi connectivity index (χ0v) is 14.0. The van der Waals surface area contributed by atoms with E-state index < -0.39 is 0 Å². The SMILES string of the molecule is CC1CC(CN)(Nc2ccc(Br)c(Cl)c2)CN1C1CC1. The number of halogens is 2. The van der Waals surface area contributed by atoms with Gasteiger partial charge in [-0.1, -0.05) is 11.6 Å². The molecule has 1 heterocycles. The van der Waals surface area contributed by atoms with Crippen molar-refractivity contribution in [3.63, 3.8) is 0 Å². The standard InChI is InChI=1S/C15H21BrClN3/c1-10-7-15(8-18,9-20(10)12-3-4-12)19-11-2-5-13(16)14(17)6-11/h2,5-6,10,12,19H,3-4,7-9,18H2,1H3. The molecule has 110 valence electrons. The van der Waals surface area contributed by atoms with Crippen LogP contribution in [-0.2, 0) is 0 Å². The highest BCUT2D eigenvalue weighted by atomic mass is 79.9. The number of likely N-dealkylation sites (tertiary alicyclic amines) is 1. The molecule has 3 N–H and O–H groups in total. The van der Waals surface area contributed by atoms with E-state index in [0.29, 0.717) is 12.6 Å². The highest BCUT2D eigenvalue weighted by Gasteiger charge is 2.46. The van der Waals surface area contributed by atoms with Crippen molar-refractivity contribution in [2.75, 3.05) is 18.4 Å². The molecule has 2 atom stereocenters. The fourth-order valence-corrected chi connectivity index (χ4v) is 3.74. The van der Waals surface area contributed by atoms with Crippen LogP contribution in [0.5, 0.6) is 0 Å². The molecule has 1 aliphatic carbocycles. The van der Waals surface area contributed by atoms with Gasteiger partial charge in [0.15, 0.2) is 0 Å². The minimum atomic E-state index is -0.0286. The van der Waals surface area contributed by atoms with Crippen molar-refractivity contribution >= 4 is 33.2 Å². The average Bonchev–Trinajstić information content (AvgIpc) is 3.20. The molecule has 1 aromatic rings. The fraction of sp³-hybridized carbons (Fsp3) is 0.600. The lowest BCUT2D eigenvalue weighted by Gasteiger charge is -2.30. The molecule has 1 aliphatic heterocycles. The van der Waals surface area contributed by atoms with E-state index in [1.807, 2.05) is 12.1 Å². The third-order valence-corrected chi connectivity index (χ3v) is 5.71. The van der Waals surface area contributed by atoms with E-state index in [-0.39, 0.29) is 5.54 Å².